The van der Waals surface area contributed by atoms with Crippen LogP contribution in [0.3, 0.4) is 0 Å². The fourth-order valence-electron chi connectivity index (χ4n) is 4.94. The van der Waals surface area contributed by atoms with Crippen molar-refractivity contribution in [1.29, 1.82) is 0 Å². The van der Waals surface area contributed by atoms with E-state index < -0.39 is 0 Å². The normalized spacial score (nSPS) is 27.8. The molecular formula is C23H23ClN2O3S. The number of rotatable bonds is 6. The average molecular weight is 443 g/mol. The molecule has 30 heavy (non-hydrogen) atoms. The highest BCUT2D eigenvalue weighted by Crippen LogP contribution is 2.61. The molecule has 0 bridgehead atoms. The topological polar surface area (TPSA) is 68.3 Å². The van der Waals surface area contributed by atoms with Gasteiger partial charge in [-0.05, 0) is 74.3 Å². The van der Waals surface area contributed by atoms with Gasteiger partial charge in [-0.15, -0.1) is 0 Å². The first-order valence-corrected chi connectivity index (χ1v) is 12.1. The molecule has 3 aliphatic rings. The minimum atomic E-state index is -0.0933. The van der Waals surface area contributed by atoms with Crippen LogP contribution in [0.25, 0.3) is 11.1 Å². The molecule has 0 saturated heterocycles. The van der Waals surface area contributed by atoms with Gasteiger partial charge in [-0.3, -0.25) is 4.79 Å². The number of oxazole rings is 1. The minimum Gasteiger partial charge on any atom is -0.455 e. The van der Waals surface area contributed by atoms with E-state index in [1.807, 2.05) is 36.0 Å². The van der Waals surface area contributed by atoms with E-state index in [9.17, 15) is 4.79 Å². The molecule has 1 N–H and O–H groups in total. The maximum atomic E-state index is 12.5. The Hall–Kier alpha value is -1.92. The average Bonchev–Trinajstić information content (AvgIpc) is 3.21. The number of carbonyl (C=O) groups excluding carboxylic acids is 1. The lowest BCUT2D eigenvalue weighted by molar-refractivity contribution is -0.0256. The molecule has 1 amide bonds. The number of fused-ring (bicyclic) bond motifs is 1. The van der Waals surface area contributed by atoms with E-state index in [4.69, 9.17) is 20.4 Å². The van der Waals surface area contributed by atoms with E-state index in [1.165, 1.54) is 12.8 Å². The third-order valence-corrected chi connectivity index (χ3v) is 8.27. The Kier molecular flexibility index (Phi) is 4.43. The van der Waals surface area contributed by atoms with Crippen molar-refractivity contribution in [3.8, 4) is 0 Å². The monoisotopic (exact) mass is 442 g/mol. The second-order valence-electron chi connectivity index (χ2n) is 9.12. The van der Waals surface area contributed by atoms with Crippen molar-refractivity contribution < 1.29 is 13.6 Å². The molecule has 6 rings (SSSR count). The number of nitrogens with one attached hydrogen (secondary N) is 1. The summed E-state index contributed by atoms with van der Waals surface area (Å²) in [4.78, 5) is 17.1. The Bertz CT molecular complexity index is 1100. The molecule has 156 valence electrons. The number of carbonyl (C=O) groups is 1. The highest BCUT2D eigenvalue weighted by molar-refractivity contribution is 7.99. The van der Waals surface area contributed by atoms with Gasteiger partial charge in [0.2, 0.25) is 0 Å². The van der Waals surface area contributed by atoms with Crippen LogP contribution in [-0.4, -0.2) is 22.2 Å². The number of thioether (sulfide) groups is 1. The SMILES string of the molecule is O=C(NC1CC2(C1)CC(c1nc3cc(Cl)ccc3o1)C2)c1ccc(CSC2CC2)o1. The number of furan rings is 1. The van der Waals surface area contributed by atoms with Crippen molar-refractivity contribution in [2.75, 3.05) is 0 Å². The van der Waals surface area contributed by atoms with E-state index in [0.29, 0.717) is 22.1 Å². The summed E-state index contributed by atoms with van der Waals surface area (Å²) in [7, 11) is 0. The molecule has 3 aliphatic carbocycles. The number of aromatic nitrogens is 1. The van der Waals surface area contributed by atoms with Crippen LogP contribution in [0.15, 0.2) is 39.2 Å². The van der Waals surface area contributed by atoms with Gasteiger partial charge < -0.3 is 14.2 Å². The first kappa shape index (κ1) is 18.8. The Balaban J connectivity index is 1.00. The van der Waals surface area contributed by atoms with Crippen molar-refractivity contribution >= 4 is 40.4 Å². The Labute approximate surface area is 183 Å². The van der Waals surface area contributed by atoms with Crippen LogP contribution in [0, 0.1) is 5.41 Å². The van der Waals surface area contributed by atoms with Crippen LogP contribution in [-0.2, 0) is 5.75 Å². The predicted octanol–water partition coefficient (Wildman–Crippen LogP) is 5.93. The number of nitrogens with zero attached hydrogens (tertiary/aromatic N) is 1. The molecule has 0 atom stereocenters. The van der Waals surface area contributed by atoms with Crippen molar-refractivity contribution in [1.82, 2.24) is 10.3 Å². The van der Waals surface area contributed by atoms with Crippen LogP contribution in [0.2, 0.25) is 5.02 Å². The number of amides is 1. The maximum absolute atomic E-state index is 12.5. The van der Waals surface area contributed by atoms with E-state index in [1.54, 1.807) is 6.07 Å². The van der Waals surface area contributed by atoms with Gasteiger partial charge in [0, 0.05) is 22.2 Å². The first-order chi connectivity index (χ1) is 14.6. The highest BCUT2D eigenvalue weighted by atomic mass is 35.5. The number of hydrogen-bond acceptors (Lipinski definition) is 5. The van der Waals surface area contributed by atoms with Crippen LogP contribution in [0.5, 0.6) is 0 Å². The lowest BCUT2D eigenvalue weighted by Crippen LogP contribution is -2.55. The van der Waals surface area contributed by atoms with Crippen molar-refractivity contribution in [3.05, 3.63) is 52.8 Å². The van der Waals surface area contributed by atoms with Gasteiger partial charge in [0.25, 0.3) is 5.91 Å². The first-order valence-electron chi connectivity index (χ1n) is 10.6. The molecular weight excluding hydrogens is 420 g/mol. The molecule has 2 heterocycles. The summed E-state index contributed by atoms with van der Waals surface area (Å²) < 4.78 is 11.7. The zero-order valence-corrected chi connectivity index (χ0v) is 18.1. The second-order valence-corrected chi connectivity index (χ2v) is 10.8. The van der Waals surface area contributed by atoms with Crippen molar-refractivity contribution in [2.24, 2.45) is 5.41 Å². The fourth-order valence-corrected chi connectivity index (χ4v) is 6.13. The van der Waals surface area contributed by atoms with Crippen LogP contribution in [0.1, 0.15) is 66.6 Å². The molecule has 1 spiro atoms. The van der Waals surface area contributed by atoms with Gasteiger partial charge in [0.15, 0.2) is 17.2 Å². The zero-order chi connectivity index (χ0) is 20.3. The minimum absolute atomic E-state index is 0.0933. The summed E-state index contributed by atoms with van der Waals surface area (Å²) >= 11 is 7.96. The number of hydrogen-bond donors (Lipinski definition) is 1. The molecule has 5 nitrogen and oxygen atoms in total. The van der Waals surface area contributed by atoms with E-state index in [2.05, 4.69) is 10.3 Å². The summed E-state index contributed by atoms with van der Waals surface area (Å²) in [5, 5.41) is 4.60. The molecule has 2 aromatic heterocycles. The van der Waals surface area contributed by atoms with Crippen molar-refractivity contribution in [2.45, 2.75) is 61.5 Å². The second kappa shape index (κ2) is 7.06. The number of benzene rings is 1. The lowest BCUT2D eigenvalue weighted by Gasteiger charge is -2.57. The van der Waals surface area contributed by atoms with Crippen LogP contribution < -0.4 is 5.32 Å². The van der Waals surface area contributed by atoms with Gasteiger partial charge in [0.1, 0.15) is 11.3 Å². The standard InChI is InChI=1S/C23H23ClN2O3S/c24-14-1-5-19-18(7-14)26-22(29-19)13-8-23(9-13)10-15(11-23)25-21(27)20-6-2-16(28-20)12-30-17-3-4-17/h1-2,5-7,13,15,17H,3-4,8-12H2,(H,25,27). The Morgan fingerprint density at radius 3 is 2.80 bits per heavy atom. The molecule has 3 aromatic rings. The van der Waals surface area contributed by atoms with Gasteiger partial charge in [-0.1, -0.05) is 11.6 Å². The van der Waals surface area contributed by atoms with Crippen molar-refractivity contribution in [3.63, 3.8) is 0 Å². The van der Waals surface area contributed by atoms with Gasteiger partial charge in [0.05, 0.1) is 5.75 Å². The molecule has 0 unspecified atom stereocenters. The molecule has 3 saturated carbocycles. The molecule has 3 fully saturated rings. The van der Waals surface area contributed by atoms with Gasteiger partial charge in [-0.25, -0.2) is 4.98 Å². The van der Waals surface area contributed by atoms with Crippen LogP contribution in [0.4, 0.5) is 0 Å². The quantitative estimate of drug-likeness (QED) is 0.512. The van der Waals surface area contributed by atoms with E-state index >= 15 is 0 Å². The van der Waals surface area contributed by atoms with Gasteiger partial charge in [-0.2, -0.15) is 11.8 Å². The highest BCUT2D eigenvalue weighted by Gasteiger charge is 2.54. The summed E-state index contributed by atoms with van der Waals surface area (Å²) in [6, 6.07) is 9.51. The third kappa shape index (κ3) is 3.54. The zero-order valence-electron chi connectivity index (χ0n) is 16.5. The predicted molar refractivity (Wildman–Crippen MR) is 117 cm³/mol. The Morgan fingerprint density at radius 2 is 2.00 bits per heavy atom. The summed E-state index contributed by atoms with van der Waals surface area (Å²) in [5.41, 5.74) is 1.95. The largest absolute Gasteiger partial charge is 0.455 e. The van der Waals surface area contributed by atoms with E-state index in [-0.39, 0.29) is 11.9 Å². The Morgan fingerprint density at radius 1 is 1.17 bits per heavy atom. The summed E-state index contributed by atoms with van der Waals surface area (Å²) in [5.74, 6) is 3.27. The maximum Gasteiger partial charge on any atom is 0.287 e. The molecule has 7 heteroatoms. The fraction of sp³-hybridized carbons (Fsp3) is 0.478. The molecule has 1 aromatic carbocycles. The lowest BCUT2D eigenvalue weighted by atomic mass is 9.50. The molecule has 0 radical (unpaired) electrons. The molecule has 0 aliphatic heterocycles. The third-order valence-electron chi connectivity index (χ3n) is 6.64. The smallest absolute Gasteiger partial charge is 0.287 e. The number of halogens is 1. The summed E-state index contributed by atoms with van der Waals surface area (Å²) in [6.45, 7) is 0. The van der Waals surface area contributed by atoms with Crippen LogP contribution >= 0.6 is 23.4 Å². The van der Waals surface area contributed by atoms with E-state index in [0.717, 1.165) is 59.4 Å². The van der Waals surface area contributed by atoms with Gasteiger partial charge >= 0.3 is 0 Å². The summed E-state index contributed by atoms with van der Waals surface area (Å²) in [6.07, 6.45) is 6.80.